The predicted molar refractivity (Wildman–Crippen MR) is 57.8 cm³/mol. The summed E-state index contributed by atoms with van der Waals surface area (Å²) in [5, 5.41) is 19.4. The van der Waals surface area contributed by atoms with Crippen LogP contribution in [0.3, 0.4) is 0 Å². The number of carbonyl (C=O) groups is 1. The molecule has 0 saturated heterocycles. The molecule has 1 rings (SSSR count). The fourth-order valence-electron chi connectivity index (χ4n) is 1.18. The topological polar surface area (TPSA) is 57.5 Å². The molecule has 0 fully saturated rings. The molecule has 1 unspecified atom stereocenters. The second-order valence-electron chi connectivity index (χ2n) is 3.98. The van der Waals surface area contributed by atoms with Crippen molar-refractivity contribution in [3.63, 3.8) is 0 Å². The van der Waals surface area contributed by atoms with E-state index in [1.165, 1.54) is 13.8 Å². The van der Waals surface area contributed by atoms with Crippen LogP contribution >= 0.6 is 11.6 Å². The predicted octanol–water partition coefficient (Wildman–Crippen LogP) is 2.48. The first-order chi connectivity index (χ1) is 6.85. The summed E-state index contributed by atoms with van der Waals surface area (Å²) in [7, 11) is 0. The van der Waals surface area contributed by atoms with Crippen molar-refractivity contribution >= 4 is 17.6 Å². The van der Waals surface area contributed by atoms with Crippen LogP contribution in [-0.2, 0) is 4.79 Å². The highest BCUT2D eigenvalue weighted by Crippen LogP contribution is 2.33. The monoisotopic (exact) mass is 228 g/mol. The van der Waals surface area contributed by atoms with Crippen LogP contribution in [0.4, 0.5) is 0 Å². The van der Waals surface area contributed by atoms with Gasteiger partial charge in [0.15, 0.2) is 0 Å². The number of carboxylic acids is 1. The molecule has 0 bridgehead atoms. The Bertz CT molecular complexity index is 357. The number of hydrogen-bond acceptors (Lipinski definition) is 2. The molecule has 0 heterocycles. The Balaban J connectivity index is 2.99. The van der Waals surface area contributed by atoms with Gasteiger partial charge in [-0.1, -0.05) is 23.7 Å². The van der Waals surface area contributed by atoms with Crippen LogP contribution < -0.4 is 0 Å². The van der Waals surface area contributed by atoms with Gasteiger partial charge in [-0.05, 0) is 31.5 Å². The Morgan fingerprint density at radius 1 is 1.33 bits per heavy atom. The maximum absolute atomic E-state index is 10.9. The number of aliphatic carboxylic acids is 1. The number of halogens is 1. The van der Waals surface area contributed by atoms with Crippen molar-refractivity contribution < 1.29 is 15.0 Å². The Hall–Kier alpha value is -1.06. The van der Waals surface area contributed by atoms with E-state index in [1.54, 1.807) is 24.3 Å². The van der Waals surface area contributed by atoms with Gasteiger partial charge in [-0.2, -0.15) is 0 Å². The molecule has 1 aromatic carbocycles. The third kappa shape index (κ3) is 2.49. The third-order valence-corrected chi connectivity index (χ3v) is 2.67. The maximum Gasteiger partial charge on any atom is 0.312 e. The van der Waals surface area contributed by atoms with Crippen LogP contribution in [0.15, 0.2) is 24.3 Å². The fourth-order valence-corrected chi connectivity index (χ4v) is 1.30. The Morgan fingerprint density at radius 2 is 1.80 bits per heavy atom. The van der Waals surface area contributed by atoms with Gasteiger partial charge < -0.3 is 10.2 Å². The quantitative estimate of drug-likeness (QED) is 0.836. The van der Waals surface area contributed by atoms with Crippen LogP contribution in [0.5, 0.6) is 0 Å². The van der Waals surface area contributed by atoms with E-state index in [0.29, 0.717) is 10.6 Å². The van der Waals surface area contributed by atoms with Gasteiger partial charge in [-0.15, -0.1) is 0 Å². The highest BCUT2D eigenvalue weighted by molar-refractivity contribution is 6.30. The van der Waals surface area contributed by atoms with Gasteiger partial charge in [0.25, 0.3) is 0 Å². The van der Waals surface area contributed by atoms with Gasteiger partial charge in [0, 0.05) is 5.02 Å². The van der Waals surface area contributed by atoms with Crippen LogP contribution in [-0.4, -0.2) is 16.2 Å². The first-order valence-electron chi connectivity index (χ1n) is 4.52. The molecule has 0 saturated carbocycles. The lowest BCUT2D eigenvalue weighted by atomic mass is 9.83. The molecule has 3 nitrogen and oxygen atoms in total. The SMILES string of the molecule is CC(C)(C(=O)O)C(O)c1ccc(Cl)cc1. The van der Waals surface area contributed by atoms with Crippen molar-refractivity contribution in [2.24, 2.45) is 5.41 Å². The van der Waals surface area contributed by atoms with Crippen LogP contribution in [0.1, 0.15) is 25.5 Å². The van der Waals surface area contributed by atoms with E-state index in [-0.39, 0.29) is 0 Å². The van der Waals surface area contributed by atoms with Crippen LogP contribution in [0.2, 0.25) is 5.02 Å². The van der Waals surface area contributed by atoms with Gasteiger partial charge in [0.1, 0.15) is 0 Å². The average Bonchev–Trinajstić information content (AvgIpc) is 2.17. The minimum atomic E-state index is -1.21. The first-order valence-corrected chi connectivity index (χ1v) is 4.90. The summed E-state index contributed by atoms with van der Waals surface area (Å²) >= 11 is 5.70. The standard InChI is InChI=1S/C11H13ClO3/c1-11(2,10(14)15)9(13)7-3-5-8(12)6-4-7/h3-6,9,13H,1-2H3,(H,14,15). The Morgan fingerprint density at radius 3 is 2.20 bits per heavy atom. The van der Waals surface area contributed by atoms with E-state index in [9.17, 15) is 9.90 Å². The zero-order chi connectivity index (χ0) is 11.6. The molecule has 0 spiro atoms. The summed E-state index contributed by atoms with van der Waals surface area (Å²) < 4.78 is 0. The molecule has 0 amide bonds. The van der Waals surface area contributed by atoms with Crippen LogP contribution in [0.25, 0.3) is 0 Å². The van der Waals surface area contributed by atoms with Gasteiger partial charge in [0.2, 0.25) is 0 Å². The lowest BCUT2D eigenvalue weighted by molar-refractivity contribution is -0.153. The summed E-state index contributed by atoms with van der Waals surface area (Å²) in [4.78, 5) is 10.9. The smallest absolute Gasteiger partial charge is 0.312 e. The third-order valence-electron chi connectivity index (χ3n) is 2.42. The summed E-state index contributed by atoms with van der Waals surface area (Å²) in [5.74, 6) is -1.04. The van der Waals surface area contributed by atoms with Gasteiger partial charge in [-0.3, -0.25) is 4.79 Å². The van der Waals surface area contributed by atoms with E-state index in [4.69, 9.17) is 16.7 Å². The number of hydrogen-bond donors (Lipinski definition) is 2. The molecule has 0 aromatic heterocycles. The number of benzene rings is 1. The minimum absolute atomic E-state index is 0.548. The van der Waals surface area contributed by atoms with Crippen LogP contribution in [0, 0.1) is 5.41 Å². The largest absolute Gasteiger partial charge is 0.481 e. The van der Waals surface area contributed by atoms with Crippen molar-refractivity contribution in [1.29, 1.82) is 0 Å². The van der Waals surface area contributed by atoms with Gasteiger partial charge in [-0.25, -0.2) is 0 Å². The molecule has 0 aliphatic rings. The Labute approximate surface area is 93.3 Å². The first kappa shape index (κ1) is 12.0. The summed E-state index contributed by atoms with van der Waals surface area (Å²) in [5.41, 5.74) is -0.666. The molecule has 0 aliphatic heterocycles. The fraction of sp³-hybridized carbons (Fsp3) is 0.364. The normalized spacial score (nSPS) is 13.6. The molecule has 4 heteroatoms. The molecule has 0 radical (unpaired) electrons. The number of rotatable bonds is 3. The highest BCUT2D eigenvalue weighted by atomic mass is 35.5. The highest BCUT2D eigenvalue weighted by Gasteiger charge is 2.36. The zero-order valence-electron chi connectivity index (χ0n) is 8.57. The number of carboxylic acid groups (broad SMARTS) is 1. The number of aliphatic hydroxyl groups is 1. The van der Waals surface area contributed by atoms with Crippen molar-refractivity contribution in [3.8, 4) is 0 Å². The molecule has 15 heavy (non-hydrogen) atoms. The summed E-state index contributed by atoms with van der Waals surface area (Å²) in [6.45, 7) is 2.96. The van der Waals surface area contributed by atoms with Crippen molar-refractivity contribution in [2.45, 2.75) is 20.0 Å². The number of aliphatic hydroxyl groups excluding tert-OH is 1. The van der Waals surface area contributed by atoms with E-state index < -0.39 is 17.5 Å². The summed E-state index contributed by atoms with van der Waals surface area (Å²) in [6.07, 6.45) is -1.05. The average molecular weight is 229 g/mol. The molecular formula is C11H13ClO3. The van der Waals surface area contributed by atoms with E-state index >= 15 is 0 Å². The second kappa shape index (κ2) is 4.21. The molecule has 0 aliphatic carbocycles. The lowest BCUT2D eigenvalue weighted by Crippen LogP contribution is -2.31. The lowest BCUT2D eigenvalue weighted by Gasteiger charge is -2.26. The van der Waals surface area contributed by atoms with Gasteiger partial charge in [0.05, 0.1) is 11.5 Å². The second-order valence-corrected chi connectivity index (χ2v) is 4.42. The van der Waals surface area contributed by atoms with Crippen molar-refractivity contribution in [3.05, 3.63) is 34.9 Å². The molecular weight excluding hydrogens is 216 g/mol. The molecule has 1 aromatic rings. The molecule has 2 N–H and O–H groups in total. The maximum atomic E-state index is 10.9. The van der Waals surface area contributed by atoms with Crippen molar-refractivity contribution in [1.82, 2.24) is 0 Å². The zero-order valence-corrected chi connectivity index (χ0v) is 9.32. The molecule has 1 atom stereocenters. The van der Waals surface area contributed by atoms with Crippen molar-refractivity contribution in [2.75, 3.05) is 0 Å². The van der Waals surface area contributed by atoms with E-state index in [1.807, 2.05) is 0 Å². The Kier molecular flexibility index (Phi) is 3.37. The van der Waals surface area contributed by atoms with Gasteiger partial charge >= 0.3 is 5.97 Å². The van der Waals surface area contributed by atoms with E-state index in [0.717, 1.165) is 0 Å². The molecule has 82 valence electrons. The minimum Gasteiger partial charge on any atom is -0.481 e. The van der Waals surface area contributed by atoms with E-state index in [2.05, 4.69) is 0 Å². The summed E-state index contributed by atoms with van der Waals surface area (Å²) in [6, 6.07) is 6.49.